The van der Waals surface area contributed by atoms with E-state index in [-0.39, 0.29) is 5.91 Å². The molecule has 2 N–H and O–H groups in total. The van der Waals surface area contributed by atoms with Gasteiger partial charge in [-0.1, -0.05) is 17.7 Å². The number of aromatic nitrogens is 1. The molecule has 5 heteroatoms. The van der Waals surface area contributed by atoms with E-state index in [2.05, 4.69) is 22.4 Å². The molecule has 0 radical (unpaired) electrons. The number of hydrogen-bond donors (Lipinski definition) is 2. The number of H-pyrrole nitrogens is 1. The fraction of sp³-hybridized carbons (Fsp3) is 0.133. The summed E-state index contributed by atoms with van der Waals surface area (Å²) in [7, 11) is 0. The van der Waals surface area contributed by atoms with Crippen molar-refractivity contribution < 1.29 is 4.79 Å². The van der Waals surface area contributed by atoms with Crippen molar-refractivity contribution in [3.05, 3.63) is 56.9 Å². The molecule has 0 aliphatic heterocycles. The lowest BCUT2D eigenvalue weighted by Gasteiger charge is -2.04. The van der Waals surface area contributed by atoms with Gasteiger partial charge in [0, 0.05) is 17.8 Å². The van der Waals surface area contributed by atoms with Gasteiger partial charge in [0.15, 0.2) is 0 Å². The van der Waals surface area contributed by atoms with Gasteiger partial charge in [-0.2, -0.15) is 0 Å². The van der Waals surface area contributed by atoms with Crippen LogP contribution in [0.4, 0.5) is 0 Å². The van der Waals surface area contributed by atoms with Gasteiger partial charge in [-0.25, -0.2) is 0 Å². The molecule has 1 aromatic carbocycles. The van der Waals surface area contributed by atoms with Crippen LogP contribution in [0, 0.1) is 6.92 Å². The van der Waals surface area contributed by atoms with Crippen LogP contribution in [0.2, 0.25) is 4.34 Å². The number of carbonyl (C=O) groups is 1. The van der Waals surface area contributed by atoms with Gasteiger partial charge in [-0.3, -0.25) is 4.79 Å². The number of hydrogen-bond acceptors (Lipinski definition) is 2. The Kier molecular flexibility index (Phi) is 3.51. The van der Waals surface area contributed by atoms with Crippen molar-refractivity contribution in [2.45, 2.75) is 13.5 Å². The zero-order chi connectivity index (χ0) is 14.1. The van der Waals surface area contributed by atoms with Crippen LogP contribution in [-0.2, 0) is 6.54 Å². The predicted molar refractivity (Wildman–Crippen MR) is 83.5 cm³/mol. The Bertz CT molecular complexity index is 775. The van der Waals surface area contributed by atoms with E-state index in [1.807, 2.05) is 19.1 Å². The first-order chi connectivity index (χ1) is 9.61. The minimum absolute atomic E-state index is 0.0905. The van der Waals surface area contributed by atoms with Gasteiger partial charge in [0.1, 0.15) is 0 Å². The first-order valence-corrected chi connectivity index (χ1v) is 7.43. The second-order valence-electron chi connectivity index (χ2n) is 4.66. The Morgan fingerprint density at radius 1 is 1.30 bits per heavy atom. The van der Waals surface area contributed by atoms with Crippen molar-refractivity contribution in [1.82, 2.24) is 10.3 Å². The van der Waals surface area contributed by atoms with Crippen LogP contribution in [0.15, 0.2) is 36.4 Å². The molecule has 3 aromatic rings. The molecule has 0 atom stereocenters. The van der Waals surface area contributed by atoms with Crippen LogP contribution in [-0.4, -0.2) is 10.9 Å². The van der Waals surface area contributed by atoms with Crippen molar-refractivity contribution in [1.29, 1.82) is 0 Å². The third-order valence-corrected chi connectivity index (χ3v) is 4.30. The highest BCUT2D eigenvalue weighted by atomic mass is 35.5. The number of rotatable bonds is 3. The fourth-order valence-electron chi connectivity index (χ4n) is 2.14. The number of aromatic amines is 1. The Balaban J connectivity index is 1.71. The lowest BCUT2D eigenvalue weighted by atomic mass is 10.1. The van der Waals surface area contributed by atoms with Crippen molar-refractivity contribution in [3.8, 4) is 0 Å². The summed E-state index contributed by atoms with van der Waals surface area (Å²) in [5, 5.41) is 4.06. The summed E-state index contributed by atoms with van der Waals surface area (Å²) < 4.78 is 0.624. The largest absolute Gasteiger partial charge is 0.359 e. The standard InChI is InChI=1S/C15H13ClN2OS/c1-9-6-11-7-10(2-3-12(11)18-9)8-17-15(19)13-4-5-14(16)20-13/h2-7,18H,8H2,1H3,(H,17,19). The van der Waals surface area contributed by atoms with E-state index in [1.165, 1.54) is 11.3 Å². The van der Waals surface area contributed by atoms with Crippen LogP contribution in [0.1, 0.15) is 20.9 Å². The van der Waals surface area contributed by atoms with Gasteiger partial charge in [-0.15, -0.1) is 11.3 Å². The molecule has 0 unspecified atom stereocenters. The third kappa shape index (κ3) is 2.71. The van der Waals surface area contributed by atoms with E-state index in [4.69, 9.17) is 11.6 Å². The zero-order valence-electron chi connectivity index (χ0n) is 10.9. The predicted octanol–water partition coefficient (Wildman–Crippen LogP) is 4.12. The topological polar surface area (TPSA) is 44.9 Å². The average molecular weight is 305 g/mol. The minimum Gasteiger partial charge on any atom is -0.359 e. The van der Waals surface area contributed by atoms with Gasteiger partial charge in [-0.05, 0) is 48.2 Å². The number of amides is 1. The zero-order valence-corrected chi connectivity index (χ0v) is 12.4. The summed E-state index contributed by atoms with van der Waals surface area (Å²) in [5.74, 6) is -0.0905. The van der Waals surface area contributed by atoms with Gasteiger partial charge < -0.3 is 10.3 Å². The highest BCUT2D eigenvalue weighted by Crippen LogP contribution is 2.21. The second kappa shape index (κ2) is 5.31. The van der Waals surface area contributed by atoms with Crippen molar-refractivity contribution >= 4 is 39.7 Å². The molecule has 0 saturated carbocycles. The summed E-state index contributed by atoms with van der Waals surface area (Å²) in [6, 6.07) is 11.7. The number of aryl methyl sites for hydroxylation is 1. The van der Waals surface area contributed by atoms with Crippen LogP contribution in [0.3, 0.4) is 0 Å². The summed E-state index contributed by atoms with van der Waals surface area (Å²) in [6.45, 7) is 2.54. The number of nitrogens with one attached hydrogen (secondary N) is 2. The lowest BCUT2D eigenvalue weighted by molar-refractivity contribution is 0.0955. The van der Waals surface area contributed by atoms with E-state index < -0.39 is 0 Å². The molecule has 3 nitrogen and oxygen atoms in total. The molecule has 0 bridgehead atoms. The Hall–Kier alpha value is -1.78. The number of halogens is 1. The molecule has 0 aliphatic rings. The number of fused-ring (bicyclic) bond motifs is 1. The van der Waals surface area contributed by atoms with Crippen LogP contribution >= 0.6 is 22.9 Å². The van der Waals surface area contributed by atoms with Gasteiger partial charge in [0.05, 0.1) is 9.21 Å². The summed E-state index contributed by atoms with van der Waals surface area (Å²) >= 11 is 7.11. The molecule has 0 saturated heterocycles. The maximum Gasteiger partial charge on any atom is 0.261 e. The molecule has 1 amide bonds. The molecule has 2 aromatic heterocycles. The summed E-state index contributed by atoms with van der Waals surface area (Å²) in [4.78, 5) is 15.8. The minimum atomic E-state index is -0.0905. The van der Waals surface area contributed by atoms with E-state index in [9.17, 15) is 4.79 Å². The number of benzene rings is 1. The Morgan fingerprint density at radius 3 is 2.90 bits per heavy atom. The molecule has 2 heterocycles. The SMILES string of the molecule is Cc1cc2cc(CNC(=O)c3ccc(Cl)s3)ccc2[nH]1. The molecule has 3 rings (SSSR count). The summed E-state index contributed by atoms with van der Waals surface area (Å²) in [6.07, 6.45) is 0. The summed E-state index contributed by atoms with van der Waals surface area (Å²) in [5.41, 5.74) is 3.32. The first kappa shape index (κ1) is 13.2. The van der Waals surface area contributed by atoms with E-state index in [1.54, 1.807) is 12.1 Å². The van der Waals surface area contributed by atoms with Gasteiger partial charge in [0.2, 0.25) is 0 Å². The molecular weight excluding hydrogens is 292 g/mol. The third-order valence-electron chi connectivity index (χ3n) is 3.07. The second-order valence-corrected chi connectivity index (χ2v) is 6.38. The van der Waals surface area contributed by atoms with Crippen LogP contribution in [0.5, 0.6) is 0 Å². The maximum atomic E-state index is 11.9. The van der Waals surface area contributed by atoms with Crippen molar-refractivity contribution in [2.75, 3.05) is 0 Å². The normalized spacial score (nSPS) is 10.9. The molecule has 0 fully saturated rings. The Morgan fingerprint density at radius 2 is 2.15 bits per heavy atom. The van der Waals surface area contributed by atoms with Crippen molar-refractivity contribution in [2.24, 2.45) is 0 Å². The number of carbonyl (C=O) groups excluding carboxylic acids is 1. The van der Waals surface area contributed by atoms with Gasteiger partial charge in [0.25, 0.3) is 5.91 Å². The first-order valence-electron chi connectivity index (χ1n) is 6.23. The molecule has 0 aliphatic carbocycles. The fourth-order valence-corrected chi connectivity index (χ4v) is 3.10. The van der Waals surface area contributed by atoms with Crippen LogP contribution in [0.25, 0.3) is 10.9 Å². The monoisotopic (exact) mass is 304 g/mol. The highest BCUT2D eigenvalue weighted by molar-refractivity contribution is 7.17. The average Bonchev–Trinajstić information content (AvgIpc) is 3.00. The van der Waals surface area contributed by atoms with E-state index in [0.717, 1.165) is 22.2 Å². The molecular formula is C15H13ClN2OS. The van der Waals surface area contributed by atoms with E-state index >= 15 is 0 Å². The highest BCUT2D eigenvalue weighted by Gasteiger charge is 2.08. The number of thiophene rings is 1. The van der Waals surface area contributed by atoms with Gasteiger partial charge >= 0.3 is 0 Å². The maximum absolute atomic E-state index is 11.9. The quantitative estimate of drug-likeness (QED) is 0.751. The lowest BCUT2D eigenvalue weighted by Crippen LogP contribution is -2.21. The Labute approximate surface area is 125 Å². The van der Waals surface area contributed by atoms with Crippen LogP contribution < -0.4 is 5.32 Å². The molecule has 0 spiro atoms. The van der Waals surface area contributed by atoms with Crippen molar-refractivity contribution in [3.63, 3.8) is 0 Å². The molecule has 20 heavy (non-hydrogen) atoms. The smallest absolute Gasteiger partial charge is 0.261 e. The van der Waals surface area contributed by atoms with E-state index in [0.29, 0.717) is 15.8 Å². The molecule has 102 valence electrons.